The zero-order chi connectivity index (χ0) is 15.9. The first-order valence-corrected chi connectivity index (χ1v) is 8.33. The highest BCUT2D eigenvalue weighted by Crippen LogP contribution is 2.18. The number of hydrogen-bond acceptors (Lipinski definition) is 4. The van der Waals surface area contributed by atoms with Crippen LogP contribution in [0, 0.1) is 0 Å². The molecule has 0 saturated carbocycles. The second-order valence-corrected chi connectivity index (χ2v) is 6.24. The van der Waals surface area contributed by atoms with Gasteiger partial charge in [0.2, 0.25) is 0 Å². The quantitative estimate of drug-likeness (QED) is 0.819. The van der Waals surface area contributed by atoms with Crippen molar-refractivity contribution in [2.45, 2.75) is 25.4 Å². The van der Waals surface area contributed by atoms with Crippen molar-refractivity contribution < 1.29 is 4.42 Å². The molecule has 4 nitrogen and oxygen atoms in total. The molecule has 122 valence electrons. The van der Waals surface area contributed by atoms with Crippen molar-refractivity contribution in [1.82, 2.24) is 14.8 Å². The van der Waals surface area contributed by atoms with Gasteiger partial charge in [0.15, 0.2) is 0 Å². The van der Waals surface area contributed by atoms with Crippen LogP contribution in [0.15, 0.2) is 53.4 Å². The molecule has 0 N–H and O–H groups in total. The molecule has 1 aliphatic rings. The van der Waals surface area contributed by atoms with Crippen LogP contribution in [0.4, 0.5) is 0 Å². The smallest absolute Gasteiger partial charge is 0.126 e. The predicted octanol–water partition coefficient (Wildman–Crippen LogP) is 3.28. The summed E-state index contributed by atoms with van der Waals surface area (Å²) in [5.41, 5.74) is 1.32. The normalized spacial score (nSPS) is 17.3. The Labute approximate surface area is 138 Å². The second kappa shape index (κ2) is 8.09. The van der Waals surface area contributed by atoms with Crippen molar-refractivity contribution in [2.24, 2.45) is 0 Å². The third kappa shape index (κ3) is 4.78. The molecule has 0 radical (unpaired) electrons. The monoisotopic (exact) mass is 311 g/mol. The van der Waals surface area contributed by atoms with Crippen molar-refractivity contribution in [1.29, 1.82) is 0 Å². The van der Waals surface area contributed by atoms with E-state index in [9.17, 15) is 0 Å². The Kier molecular flexibility index (Phi) is 5.61. The van der Waals surface area contributed by atoms with Gasteiger partial charge in [-0.2, -0.15) is 0 Å². The van der Waals surface area contributed by atoms with Crippen LogP contribution in [0.2, 0.25) is 0 Å². The molecule has 3 rings (SSSR count). The molecule has 4 heteroatoms. The Hall–Kier alpha value is -1.91. The fraction of sp³-hybridized carbons (Fsp3) is 0.421. The summed E-state index contributed by atoms with van der Waals surface area (Å²) in [7, 11) is 2.21. The van der Waals surface area contributed by atoms with Gasteiger partial charge in [0, 0.05) is 31.5 Å². The highest BCUT2D eigenvalue weighted by Gasteiger charge is 2.22. The van der Waals surface area contributed by atoms with E-state index in [4.69, 9.17) is 4.42 Å². The Bertz CT molecular complexity index is 586. The maximum Gasteiger partial charge on any atom is 0.126 e. The zero-order valence-corrected chi connectivity index (χ0v) is 13.8. The average Bonchev–Trinajstić information content (AvgIpc) is 3.09. The summed E-state index contributed by atoms with van der Waals surface area (Å²) in [6, 6.07) is 8.77. The van der Waals surface area contributed by atoms with Gasteiger partial charge in [-0.3, -0.25) is 9.88 Å². The van der Waals surface area contributed by atoms with E-state index >= 15 is 0 Å². The lowest BCUT2D eigenvalue weighted by atomic mass is 10.0. The maximum absolute atomic E-state index is 5.37. The van der Waals surface area contributed by atoms with Gasteiger partial charge in [0.05, 0.1) is 6.26 Å². The number of furan rings is 1. The van der Waals surface area contributed by atoms with Gasteiger partial charge in [0.1, 0.15) is 5.76 Å². The second-order valence-electron chi connectivity index (χ2n) is 6.24. The number of nitrogens with zero attached hydrogens (tertiary/aromatic N) is 3. The summed E-state index contributed by atoms with van der Waals surface area (Å²) in [4.78, 5) is 9.11. The maximum atomic E-state index is 5.37. The summed E-state index contributed by atoms with van der Waals surface area (Å²) in [5.74, 6) is 0.914. The van der Waals surface area contributed by atoms with Crippen LogP contribution < -0.4 is 0 Å². The lowest BCUT2D eigenvalue weighted by Crippen LogP contribution is -2.43. The highest BCUT2D eigenvalue weighted by molar-refractivity contribution is 5.42. The first kappa shape index (κ1) is 16.0. The molecule has 0 amide bonds. The Morgan fingerprint density at radius 3 is 2.74 bits per heavy atom. The third-order valence-corrected chi connectivity index (χ3v) is 4.50. The number of pyridine rings is 1. The number of piperidine rings is 1. The van der Waals surface area contributed by atoms with Crippen LogP contribution in [-0.2, 0) is 6.54 Å². The van der Waals surface area contributed by atoms with Gasteiger partial charge >= 0.3 is 0 Å². The van der Waals surface area contributed by atoms with E-state index < -0.39 is 0 Å². The van der Waals surface area contributed by atoms with Gasteiger partial charge in [0.25, 0.3) is 0 Å². The summed E-state index contributed by atoms with van der Waals surface area (Å²) in [5, 5.41) is 0. The van der Waals surface area contributed by atoms with Crippen LogP contribution in [-0.4, -0.2) is 47.5 Å². The fourth-order valence-electron chi connectivity index (χ4n) is 3.12. The number of hydrogen-bond donors (Lipinski definition) is 0. The van der Waals surface area contributed by atoms with Crippen molar-refractivity contribution in [3.05, 3.63) is 60.3 Å². The molecule has 0 aromatic carbocycles. The molecule has 2 aromatic rings. The summed E-state index contributed by atoms with van der Waals surface area (Å²) >= 11 is 0. The van der Waals surface area contributed by atoms with Crippen LogP contribution in [0.5, 0.6) is 0 Å². The highest BCUT2D eigenvalue weighted by atomic mass is 16.3. The third-order valence-electron chi connectivity index (χ3n) is 4.50. The number of aromatic nitrogens is 1. The zero-order valence-electron chi connectivity index (χ0n) is 13.8. The molecule has 0 spiro atoms. The van der Waals surface area contributed by atoms with Crippen molar-refractivity contribution in [3.63, 3.8) is 0 Å². The molecule has 0 atom stereocenters. The molecule has 0 bridgehead atoms. The van der Waals surface area contributed by atoms with Gasteiger partial charge in [-0.1, -0.05) is 6.08 Å². The first-order chi connectivity index (χ1) is 11.3. The Morgan fingerprint density at radius 1 is 1.26 bits per heavy atom. The largest absolute Gasteiger partial charge is 0.465 e. The molecule has 1 saturated heterocycles. The molecular weight excluding hydrogens is 286 g/mol. The molecule has 3 heterocycles. The van der Waals surface area contributed by atoms with Crippen LogP contribution in [0.3, 0.4) is 0 Å². The van der Waals surface area contributed by atoms with Crippen LogP contribution in [0.1, 0.15) is 24.2 Å². The first-order valence-electron chi connectivity index (χ1n) is 8.33. The predicted molar refractivity (Wildman–Crippen MR) is 92.9 cm³/mol. The minimum atomic E-state index is 0.639. The van der Waals surface area contributed by atoms with E-state index in [-0.39, 0.29) is 0 Å². The van der Waals surface area contributed by atoms with E-state index in [0.29, 0.717) is 6.04 Å². The molecule has 0 unspecified atom stereocenters. The van der Waals surface area contributed by atoms with E-state index in [1.54, 1.807) is 6.26 Å². The molecular formula is C19H25N3O. The van der Waals surface area contributed by atoms with Gasteiger partial charge in [-0.15, -0.1) is 0 Å². The van der Waals surface area contributed by atoms with Crippen molar-refractivity contribution >= 4 is 6.08 Å². The molecule has 23 heavy (non-hydrogen) atoms. The number of rotatable bonds is 6. The molecule has 1 fully saturated rings. The lowest BCUT2D eigenvalue weighted by Gasteiger charge is -2.37. The van der Waals surface area contributed by atoms with Crippen molar-refractivity contribution in [3.8, 4) is 0 Å². The molecule has 0 aliphatic carbocycles. The van der Waals surface area contributed by atoms with Gasteiger partial charge in [-0.05, 0) is 68.9 Å². The molecule has 2 aromatic heterocycles. The lowest BCUT2D eigenvalue weighted by molar-refractivity contribution is 0.126. The minimum absolute atomic E-state index is 0.639. The van der Waals surface area contributed by atoms with Crippen LogP contribution >= 0.6 is 0 Å². The SMILES string of the molecule is CN1CCC(N(C/C=C/c2ccco2)Cc2ccncc2)CC1. The average molecular weight is 311 g/mol. The number of likely N-dealkylation sites (tertiary alicyclic amines) is 1. The van der Waals surface area contributed by atoms with E-state index in [2.05, 4.69) is 46.1 Å². The fourth-order valence-corrected chi connectivity index (χ4v) is 3.12. The summed E-state index contributed by atoms with van der Waals surface area (Å²) in [6.07, 6.45) is 12.2. The van der Waals surface area contributed by atoms with Crippen LogP contribution in [0.25, 0.3) is 6.08 Å². The summed E-state index contributed by atoms with van der Waals surface area (Å²) in [6.45, 7) is 4.27. The van der Waals surface area contributed by atoms with Gasteiger partial charge < -0.3 is 9.32 Å². The standard InChI is InChI=1S/C19H25N3O/c1-21-13-8-18(9-14-21)22(16-17-6-10-20-11-7-17)12-2-4-19-5-3-15-23-19/h2-7,10-11,15,18H,8-9,12-14,16H2,1H3/b4-2+. The minimum Gasteiger partial charge on any atom is -0.465 e. The Balaban J connectivity index is 1.65. The van der Waals surface area contributed by atoms with E-state index in [1.165, 1.54) is 31.5 Å². The van der Waals surface area contributed by atoms with Gasteiger partial charge in [-0.25, -0.2) is 0 Å². The van der Waals surface area contributed by atoms with E-state index in [0.717, 1.165) is 18.8 Å². The topological polar surface area (TPSA) is 32.5 Å². The van der Waals surface area contributed by atoms with E-state index in [1.807, 2.05) is 24.5 Å². The molecule has 1 aliphatic heterocycles. The van der Waals surface area contributed by atoms with Crippen molar-refractivity contribution in [2.75, 3.05) is 26.7 Å². The Morgan fingerprint density at radius 2 is 2.04 bits per heavy atom. The summed E-state index contributed by atoms with van der Waals surface area (Å²) < 4.78 is 5.37.